The molecule has 2 heterocycles. The Labute approximate surface area is 218 Å². The number of benzene rings is 2. The molecule has 2 aliphatic rings. The minimum absolute atomic E-state index is 0.500. The van der Waals surface area contributed by atoms with Gasteiger partial charge in [-0.3, -0.25) is 0 Å². The molecular weight excluding hydrogens is 460 g/mol. The first kappa shape index (κ1) is 25.3. The van der Waals surface area contributed by atoms with Gasteiger partial charge in [-0.25, -0.2) is 0 Å². The summed E-state index contributed by atoms with van der Waals surface area (Å²) >= 11 is 0.500. The van der Waals surface area contributed by atoms with Crippen LogP contribution in [0.4, 0.5) is 0 Å². The molecule has 35 heavy (non-hydrogen) atoms. The fourth-order valence-corrected chi connectivity index (χ4v) is 4.94. The number of nitrogens with one attached hydrogen (secondary N) is 2. The first-order valence-electron chi connectivity index (χ1n) is 12.4. The van der Waals surface area contributed by atoms with E-state index in [1.807, 2.05) is 0 Å². The van der Waals surface area contributed by atoms with Crippen LogP contribution in [0.5, 0.6) is 0 Å². The normalized spacial score (nSPS) is 15.0. The van der Waals surface area contributed by atoms with Gasteiger partial charge in [-0.15, -0.1) is 0 Å². The number of allylic oxidation sites excluding steroid dienone is 8. The molecule has 2 nitrogen and oxygen atoms in total. The topological polar surface area (TPSA) is 31.6 Å². The zero-order valence-electron chi connectivity index (χ0n) is 21.8. The van der Waals surface area contributed by atoms with Crippen LogP contribution in [-0.4, -0.2) is 9.97 Å². The van der Waals surface area contributed by atoms with Crippen molar-refractivity contribution in [1.82, 2.24) is 9.97 Å². The van der Waals surface area contributed by atoms with Crippen LogP contribution in [0.15, 0.2) is 95.1 Å². The molecule has 0 unspecified atom stereocenters. The second kappa shape index (κ2) is 11.3. The molecule has 0 amide bonds. The molecule has 3 heteroatoms. The molecule has 0 radical (unpaired) electrons. The quantitative estimate of drug-likeness (QED) is 0.259. The van der Waals surface area contributed by atoms with Gasteiger partial charge in [0.05, 0.1) is 0 Å². The van der Waals surface area contributed by atoms with Gasteiger partial charge < -0.3 is 9.97 Å². The number of hydrogen-bond acceptors (Lipinski definition) is 0. The van der Waals surface area contributed by atoms with Crippen LogP contribution in [-0.2, 0) is 19.2 Å². The molecule has 2 aromatic heterocycles. The third kappa shape index (κ3) is 5.89. The Hall–Kier alpha value is -2.81. The SMILES string of the molecule is CC1=CC(C)=C(c2cc3ccccc3[nH]2)C1.CC1=CC(C)=C(c2cc3ccccc3[nH]2)C1.[CH3][Ti][CH3]. The van der Waals surface area contributed by atoms with Gasteiger partial charge in [0, 0.05) is 22.4 Å². The predicted octanol–water partition coefficient (Wildman–Crippen LogP) is 9.75. The summed E-state index contributed by atoms with van der Waals surface area (Å²) in [5.74, 6) is 0. The summed E-state index contributed by atoms with van der Waals surface area (Å²) in [4.78, 5) is 6.99. The van der Waals surface area contributed by atoms with E-state index in [1.165, 1.54) is 66.6 Å². The van der Waals surface area contributed by atoms with Gasteiger partial charge >= 0.3 is 29.6 Å². The number of aromatic amines is 2. The minimum atomic E-state index is 0.500. The number of rotatable bonds is 2. The molecule has 178 valence electrons. The van der Waals surface area contributed by atoms with Crippen molar-refractivity contribution >= 4 is 33.0 Å². The van der Waals surface area contributed by atoms with Crippen LogP contribution < -0.4 is 0 Å². The summed E-state index contributed by atoms with van der Waals surface area (Å²) in [6.45, 7) is 8.77. The van der Waals surface area contributed by atoms with Crippen molar-refractivity contribution < 1.29 is 19.2 Å². The molecule has 4 aromatic rings. The number of H-pyrrole nitrogens is 2. The Morgan fingerprint density at radius 1 is 0.600 bits per heavy atom. The Bertz CT molecular complexity index is 1290. The van der Waals surface area contributed by atoms with E-state index in [-0.39, 0.29) is 0 Å². The van der Waals surface area contributed by atoms with Crippen LogP contribution in [0.3, 0.4) is 0 Å². The standard InChI is InChI=1S/2C15H15N.2CH3.Ti/c2*1-10-7-11(2)13(8-10)15-9-12-5-3-4-6-14(12)16-15;;;/h2*3-7,9,16H,8H2,1-2H3;2*1H3;. The van der Waals surface area contributed by atoms with E-state index in [4.69, 9.17) is 0 Å². The van der Waals surface area contributed by atoms with E-state index in [1.54, 1.807) is 0 Å². The van der Waals surface area contributed by atoms with Crippen molar-refractivity contribution in [3.8, 4) is 0 Å². The average Bonchev–Trinajstić information content (AvgIpc) is 3.59. The summed E-state index contributed by atoms with van der Waals surface area (Å²) in [5, 5.41) is 7.09. The average molecular weight is 497 g/mol. The third-order valence-electron chi connectivity index (χ3n) is 6.50. The van der Waals surface area contributed by atoms with Crippen LogP contribution in [0.1, 0.15) is 51.9 Å². The van der Waals surface area contributed by atoms with Crippen LogP contribution in [0.2, 0.25) is 10.5 Å². The van der Waals surface area contributed by atoms with Crippen molar-refractivity contribution in [2.75, 3.05) is 0 Å². The van der Waals surface area contributed by atoms with Crippen molar-refractivity contribution in [2.45, 2.75) is 51.0 Å². The molecule has 0 saturated heterocycles. The summed E-state index contributed by atoms with van der Waals surface area (Å²) in [5.41, 5.74) is 13.6. The Morgan fingerprint density at radius 3 is 1.29 bits per heavy atom. The van der Waals surface area contributed by atoms with Gasteiger partial charge in [-0.1, -0.05) is 59.7 Å². The molecule has 0 atom stereocenters. The molecule has 0 fully saturated rings. The van der Waals surface area contributed by atoms with Gasteiger partial charge in [0.15, 0.2) is 0 Å². The fraction of sp³-hybridized carbons (Fsp3) is 0.250. The van der Waals surface area contributed by atoms with Crippen molar-refractivity contribution in [3.63, 3.8) is 0 Å². The zero-order chi connectivity index (χ0) is 24.9. The van der Waals surface area contributed by atoms with Crippen molar-refractivity contribution in [1.29, 1.82) is 0 Å². The second-order valence-corrected chi connectivity index (χ2v) is 11.3. The van der Waals surface area contributed by atoms with Gasteiger partial charge in [0.2, 0.25) is 0 Å². The number of fused-ring (bicyclic) bond motifs is 2. The van der Waals surface area contributed by atoms with Gasteiger partial charge in [0.25, 0.3) is 0 Å². The maximum atomic E-state index is 3.50. The molecule has 6 rings (SSSR count). The summed E-state index contributed by atoms with van der Waals surface area (Å²) in [6, 6.07) is 21.4. The summed E-state index contributed by atoms with van der Waals surface area (Å²) in [7, 11) is 0. The zero-order valence-corrected chi connectivity index (χ0v) is 23.4. The van der Waals surface area contributed by atoms with Gasteiger partial charge in [-0.05, 0) is 97.9 Å². The van der Waals surface area contributed by atoms with Crippen molar-refractivity contribution in [3.05, 3.63) is 106 Å². The molecule has 0 spiro atoms. The van der Waals surface area contributed by atoms with E-state index < -0.39 is 0 Å². The molecule has 2 N–H and O–H groups in total. The molecule has 0 bridgehead atoms. The van der Waals surface area contributed by atoms with E-state index >= 15 is 0 Å². The summed E-state index contributed by atoms with van der Waals surface area (Å²) < 4.78 is 0. The Kier molecular flexibility index (Phi) is 8.16. The molecule has 2 aromatic carbocycles. The van der Waals surface area contributed by atoms with Crippen LogP contribution in [0.25, 0.3) is 33.0 Å². The first-order chi connectivity index (χ1) is 16.9. The van der Waals surface area contributed by atoms with Gasteiger partial charge in [-0.2, -0.15) is 0 Å². The van der Waals surface area contributed by atoms with Crippen LogP contribution in [0, 0.1) is 0 Å². The van der Waals surface area contributed by atoms with Crippen molar-refractivity contribution in [2.24, 2.45) is 0 Å². The number of para-hydroxylation sites is 2. The first-order valence-corrected chi connectivity index (χ1v) is 15.5. The number of hydrogen-bond donors (Lipinski definition) is 2. The third-order valence-corrected chi connectivity index (χ3v) is 6.50. The predicted molar refractivity (Wildman–Crippen MR) is 150 cm³/mol. The fourth-order valence-electron chi connectivity index (χ4n) is 4.94. The molecule has 0 aliphatic heterocycles. The summed E-state index contributed by atoms with van der Waals surface area (Å²) in [6.07, 6.45) is 6.72. The molecule has 2 aliphatic carbocycles. The van der Waals surface area contributed by atoms with E-state index in [0.29, 0.717) is 19.2 Å². The Morgan fingerprint density at radius 2 is 0.971 bits per heavy atom. The van der Waals surface area contributed by atoms with E-state index in [0.717, 1.165) is 12.8 Å². The molecule has 0 saturated carbocycles. The monoisotopic (exact) mass is 496 g/mol. The van der Waals surface area contributed by atoms with E-state index in [9.17, 15) is 0 Å². The second-order valence-electron chi connectivity index (χ2n) is 9.70. The maximum absolute atomic E-state index is 3.50. The van der Waals surface area contributed by atoms with E-state index in [2.05, 4.69) is 121 Å². The number of aromatic nitrogens is 2. The Balaban J connectivity index is 0.000000149. The van der Waals surface area contributed by atoms with Crippen LogP contribution >= 0.6 is 0 Å². The van der Waals surface area contributed by atoms with Gasteiger partial charge in [0.1, 0.15) is 0 Å². The molecular formula is C32H36N2Ti.